The Balaban J connectivity index is 2.12. The van der Waals surface area contributed by atoms with E-state index in [1.54, 1.807) is 0 Å². The van der Waals surface area contributed by atoms with Crippen molar-refractivity contribution in [3.63, 3.8) is 0 Å². The third-order valence-corrected chi connectivity index (χ3v) is 4.67. The van der Waals surface area contributed by atoms with Gasteiger partial charge >= 0.3 is 0 Å². The first kappa shape index (κ1) is 18.4. The van der Waals surface area contributed by atoms with E-state index in [9.17, 15) is 4.79 Å². The van der Waals surface area contributed by atoms with Crippen LogP contribution in [-0.4, -0.2) is 43.5 Å². The quantitative estimate of drug-likeness (QED) is 0.687. The molecule has 1 amide bonds. The van der Waals surface area contributed by atoms with Crippen molar-refractivity contribution in [1.82, 2.24) is 10.2 Å². The summed E-state index contributed by atoms with van der Waals surface area (Å²) >= 11 is 0. The first-order chi connectivity index (χ1) is 10.1. The van der Waals surface area contributed by atoms with Crippen molar-refractivity contribution in [2.75, 3.05) is 32.7 Å². The highest BCUT2D eigenvalue weighted by atomic mass is 16.1. The van der Waals surface area contributed by atoms with Crippen molar-refractivity contribution in [2.45, 2.75) is 58.8 Å². The van der Waals surface area contributed by atoms with Crippen molar-refractivity contribution in [1.29, 1.82) is 0 Å². The fourth-order valence-corrected chi connectivity index (χ4v) is 3.14. The van der Waals surface area contributed by atoms with Gasteiger partial charge in [0.15, 0.2) is 0 Å². The predicted octanol–water partition coefficient (Wildman–Crippen LogP) is 2.38. The smallest absolute Gasteiger partial charge is 0.220 e. The molecule has 4 heteroatoms. The van der Waals surface area contributed by atoms with Crippen molar-refractivity contribution >= 4 is 5.91 Å². The second kappa shape index (κ2) is 11.0. The van der Waals surface area contributed by atoms with E-state index >= 15 is 0 Å². The highest BCUT2D eigenvalue weighted by Crippen LogP contribution is 2.20. The lowest BCUT2D eigenvalue weighted by molar-refractivity contribution is -0.121. The van der Waals surface area contributed by atoms with E-state index in [1.807, 2.05) is 0 Å². The van der Waals surface area contributed by atoms with Gasteiger partial charge in [0.1, 0.15) is 0 Å². The van der Waals surface area contributed by atoms with Gasteiger partial charge in [-0.25, -0.2) is 0 Å². The average molecular weight is 297 g/mol. The monoisotopic (exact) mass is 297 g/mol. The van der Waals surface area contributed by atoms with Gasteiger partial charge in [0, 0.05) is 19.5 Å². The lowest BCUT2D eigenvalue weighted by Gasteiger charge is -2.21. The van der Waals surface area contributed by atoms with Gasteiger partial charge in [-0.15, -0.1) is 0 Å². The van der Waals surface area contributed by atoms with E-state index in [-0.39, 0.29) is 5.91 Å². The molecule has 1 aliphatic heterocycles. The topological polar surface area (TPSA) is 58.4 Å². The summed E-state index contributed by atoms with van der Waals surface area (Å²) in [6.07, 6.45) is 7.97. The first-order valence-corrected chi connectivity index (χ1v) is 8.82. The van der Waals surface area contributed by atoms with E-state index in [4.69, 9.17) is 5.73 Å². The van der Waals surface area contributed by atoms with Gasteiger partial charge in [-0.3, -0.25) is 4.79 Å². The molecule has 1 saturated heterocycles. The minimum Gasteiger partial charge on any atom is -0.355 e. The summed E-state index contributed by atoms with van der Waals surface area (Å²) in [5, 5.41) is 3.07. The summed E-state index contributed by atoms with van der Waals surface area (Å²) in [5.74, 6) is 1.39. The number of nitrogens with one attached hydrogen (secondary N) is 1. The molecular formula is C17H35N3O. The molecular weight excluding hydrogens is 262 g/mol. The number of nitrogens with two attached hydrogens (primary N) is 1. The maximum absolute atomic E-state index is 11.9. The number of amides is 1. The summed E-state index contributed by atoms with van der Waals surface area (Å²) in [6.45, 7) is 9.35. The molecule has 1 fully saturated rings. The number of rotatable bonds is 9. The lowest BCUT2D eigenvalue weighted by atomic mass is 9.88. The third-order valence-electron chi connectivity index (χ3n) is 4.67. The fraction of sp³-hybridized carbons (Fsp3) is 0.941. The van der Waals surface area contributed by atoms with Gasteiger partial charge in [0.05, 0.1) is 0 Å². The number of carbonyl (C=O) groups excluding carboxylic acids is 1. The molecule has 0 bridgehead atoms. The normalized spacial score (nSPS) is 18.5. The molecule has 0 saturated carbocycles. The van der Waals surface area contributed by atoms with Crippen LogP contribution in [0.5, 0.6) is 0 Å². The molecule has 1 aliphatic rings. The van der Waals surface area contributed by atoms with E-state index in [0.29, 0.717) is 18.3 Å². The van der Waals surface area contributed by atoms with E-state index in [0.717, 1.165) is 32.5 Å². The molecule has 0 spiro atoms. The van der Waals surface area contributed by atoms with Crippen LogP contribution in [0.25, 0.3) is 0 Å². The second-order valence-electron chi connectivity index (χ2n) is 6.73. The molecule has 0 aromatic rings. The minimum atomic E-state index is 0.201. The molecule has 124 valence electrons. The standard InChI is InChI=1S/C17H35N3O/c1-15(2)16(9-10-18)7-8-17(21)19-11-14-20-12-5-3-4-6-13-20/h15-16H,3-14,18H2,1-2H3,(H,19,21). The van der Waals surface area contributed by atoms with Crippen LogP contribution in [0.3, 0.4) is 0 Å². The number of hydrogen-bond donors (Lipinski definition) is 2. The van der Waals surface area contributed by atoms with Crippen molar-refractivity contribution in [2.24, 2.45) is 17.6 Å². The Bertz CT molecular complexity index is 273. The SMILES string of the molecule is CC(C)C(CCN)CCC(=O)NCCN1CCCCCC1. The molecule has 1 atom stereocenters. The van der Waals surface area contributed by atoms with Crippen molar-refractivity contribution in [3.05, 3.63) is 0 Å². The third kappa shape index (κ3) is 8.42. The highest BCUT2D eigenvalue weighted by Gasteiger charge is 2.14. The molecule has 0 aliphatic carbocycles. The number of nitrogens with zero attached hydrogens (tertiary/aromatic N) is 1. The average Bonchev–Trinajstić information content (AvgIpc) is 2.72. The molecule has 0 aromatic carbocycles. The molecule has 1 rings (SSSR count). The highest BCUT2D eigenvalue weighted by molar-refractivity contribution is 5.75. The molecule has 3 N–H and O–H groups in total. The summed E-state index contributed by atoms with van der Waals surface area (Å²) in [7, 11) is 0. The van der Waals surface area contributed by atoms with Crippen LogP contribution in [0.4, 0.5) is 0 Å². The Hall–Kier alpha value is -0.610. The zero-order valence-electron chi connectivity index (χ0n) is 14.1. The van der Waals surface area contributed by atoms with Crippen molar-refractivity contribution < 1.29 is 4.79 Å². The van der Waals surface area contributed by atoms with Gasteiger partial charge in [-0.05, 0) is 57.2 Å². The van der Waals surface area contributed by atoms with E-state index in [1.165, 1.54) is 38.8 Å². The zero-order valence-corrected chi connectivity index (χ0v) is 14.1. The van der Waals surface area contributed by atoms with Crippen LogP contribution in [0.1, 0.15) is 58.8 Å². The zero-order chi connectivity index (χ0) is 15.5. The summed E-state index contributed by atoms with van der Waals surface area (Å²) in [4.78, 5) is 14.4. The molecule has 0 aromatic heterocycles. The Morgan fingerprint density at radius 1 is 1.14 bits per heavy atom. The molecule has 1 heterocycles. The van der Waals surface area contributed by atoms with Gasteiger partial charge in [-0.1, -0.05) is 26.7 Å². The maximum Gasteiger partial charge on any atom is 0.220 e. The summed E-state index contributed by atoms with van der Waals surface area (Å²) in [6, 6.07) is 0. The predicted molar refractivity (Wildman–Crippen MR) is 89.2 cm³/mol. The summed E-state index contributed by atoms with van der Waals surface area (Å²) < 4.78 is 0. The summed E-state index contributed by atoms with van der Waals surface area (Å²) in [5.41, 5.74) is 5.64. The van der Waals surface area contributed by atoms with E-state index in [2.05, 4.69) is 24.1 Å². The second-order valence-corrected chi connectivity index (χ2v) is 6.73. The Kier molecular flexibility index (Phi) is 9.68. The van der Waals surface area contributed by atoms with Gasteiger partial charge in [0.25, 0.3) is 0 Å². The van der Waals surface area contributed by atoms with Gasteiger partial charge in [-0.2, -0.15) is 0 Å². The molecule has 4 nitrogen and oxygen atoms in total. The van der Waals surface area contributed by atoms with Crippen LogP contribution in [0.15, 0.2) is 0 Å². The molecule has 1 unspecified atom stereocenters. The van der Waals surface area contributed by atoms with Gasteiger partial charge in [0.2, 0.25) is 5.91 Å². The van der Waals surface area contributed by atoms with Crippen molar-refractivity contribution in [3.8, 4) is 0 Å². The largest absolute Gasteiger partial charge is 0.355 e. The number of carbonyl (C=O) groups is 1. The molecule has 0 radical (unpaired) electrons. The first-order valence-electron chi connectivity index (χ1n) is 8.82. The van der Waals surface area contributed by atoms with E-state index < -0.39 is 0 Å². The maximum atomic E-state index is 11.9. The Morgan fingerprint density at radius 2 is 1.81 bits per heavy atom. The van der Waals surface area contributed by atoms with Crippen LogP contribution < -0.4 is 11.1 Å². The van der Waals surface area contributed by atoms with Crippen LogP contribution in [-0.2, 0) is 4.79 Å². The minimum absolute atomic E-state index is 0.201. The lowest BCUT2D eigenvalue weighted by Crippen LogP contribution is -2.35. The Labute approximate surface area is 130 Å². The van der Waals surface area contributed by atoms with Crippen LogP contribution in [0.2, 0.25) is 0 Å². The number of likely N-dealkylation sites (tertiary alicyclic amines) is 1. The van der Waals surface area contributed by atoms with Crippen LogP contribution in [0, 0.1) is 11.8 Å². The number of hydrogen-bond acceptors (Lipinski definition) is 3. The Morgan fingerprint density at radius 3 is 2.38 bits per heavy atom. The van der Waals surface area contributed by atoms with Crippen LogP contribution >= 0.6 is 0 Å². The fourth-order valence-electron chi connectivity index (χ4n) is 3.14. The van der Waals surface area contributed by atoms with Gasteiger partial charge < -0.3 is 16.0 Å². The molecule has 21 heavy (non-hydrogen) atoms.